The molecule has 0 unspecified atom stereocenters. The van der Waals surface area contributed by atoms with Crippen molar-refractivity contribution in [1.82, 2.24) is 24.9 Å². The molecule has 1 saturated carbocycles. The summed E-state index contributed by atoms with van der Waals surface area (Å²) in [6.45, 7) is 7.19. The van der Waals surface area contributed by atoms with Crippen LogP contribution in [0.2, 0.25) is 0 Å². The number of nitrogens with zero attached hydrogens (tertiary/aromatic N) is 5. The van der Waals surface area contributed by atoms with Gasteiger partial charge in [0, 0.05) is 58.6 Å². The normalized spacial score (nSPS) is 16.2. The van der Waals surface area contributed by atoms with Gasteiger partial charge in [0.05, 0.1) is 5.69 Å². The molecule has 0 spiro atoms. The van der Waals surface area contributed by atoms with Crippen molar-refractivity contribution >= 4 is 5.96 Å². The van der Waals surface area contributed by atoms with E-state index in [0.717, 1.165) is 31.6 Å². The molecule has 1 aliphatic rings. The van der Waals surface area contributed by atoms with Crippen LogP contribution in [0.3, 0.4) is 0 Å². The maximum atomic E-state index is 4.60. The summed E-state index contributed by atoms with van der Waals surface area (Å²) in [6.07, 6.45) is 7.59. The summed E-state index contributed by atoms with van der Waals surface area (Å²) in [6, 6.07) is 0.769. The van der Waals surface area contributed by atoms with Crippen molar-refractivity contribution in [2.24, 2.45) is 12.0 Å². The minimum atomic E-state index is 0.430. The Kier molecular flexibility index (Phi) is 7.29. The van der Waals surface area contributed by atoms with E-state index in [1.807, 2.05) is 18.8 Å². The van der Waals surface area contributed by atoms with E-state index >= 15 is 0 Å². The second-order valence-corrected chi connectivity index (χ2v) is 7.62. The van der Waals surface area contributed by atoms with Crippen LogP contribution in [0, 0.1) is 0 Å². The van der Waals surface area contributed by atoms with Crippen molar-refractivity contribution in [1.29, 1.82) is 0 Å². The number of aromatic nitrogens is 2. The van der Waals surface area contributed by atoms with Crippen molar-refractivity contribution in [2.75, 3.05) is 34.2 Å². The lowest BCUT2D eigenvalue weighted by atomic mass is 10.1. The summed E-state index contributed by atoms with van der Waals surface area (Å²) >= 11 is 0. The minimum Gasteiger partial charge on any atom is -0.355 e. The molecule has 0 atom stereocenters. The summed E-state index contributed by atoms with van der Waals surface area (Å²) in [7, 11) is 8.18. The molecular formula is C19H36N6. The Hall–Kier alpha value is -1.56. The van der Waals surface area contributed by atoms with Crippen LogP contribution in [0.5, 0.6) is 0 Å². The lowest BCUT2D eigenvalue weighted by Gasteiger charge is -2.26. The van der Waals surface area contributed by atoms with Gasteiger partial charge in [-0.1, -0.05) is 26.7 Å². The van der Waals surface area contributed by atoms with E-state index < -0.39 is 0 Å². The summed E-state index contributed by atoms with van der Waals surface area (Å²) in [5.74, 6) is 1.37. The molecule has 6 heteroatoms. The Balaban J connectivity index is 1.85. The highest BCUT2D eigenvalue weighted by molar-refractivity contribution is 5.79. The van der Waals surface area contributed by atoms with Gasteiger partial charge in [0.1, 0.15) is 0 Å². The van der Waals surface area contributed by atoms with E-state index in [4.69, 9.17) is 0 Å². The van der Waals surface area contributed by atoms with Gasteiger partial charge in [-0.05, 0) is 25.8 Å². The fourth-order valence-electron chi connectivity index (χ4n) is 3.75. The molecule has 0 radical (unpaired) electrons. The van der Waals surface area contributed by atoms with Crippen LogP contribution in [-0.4, -0.2) is 65.8 Å². The highest BCUT2D eigenvalue weighted by Crippen LogP contribution is 2.22. The molecule has 6 nitrogen and oxygen atoms in total. The molecule has 1 aromatic rings. The van der Waals surface area contributed by atoms with E-state index in [0.29, 0.717) is 5.92 Å². The SMILES string of the molecule is CN=C(NCCN(C)C1CCCC1)N(C)Cc1cn(C)nc1C(C)C. The van der Waals surface area contributed by atoms with Crippen LogP contribution in [0.15, 0.2) is 11.2 Å². The molecule has 0 aliphatic heterocycles. The van der Waals surface area contributed by atoms with Gasteiger partial charge in [-0.2, -0.15) is 5.10 Å². The minimum absolute atomic E-state index is 0.430. The average Bonchev–Trinajstić information content (AvgIpc) is 3.21. The maximum absolute atomic E-state index is 4.60. The van der Waals surface area contributed by atoms with Gasteiger partial charge in [0.2, 0.25) is 0 Å². The zero-order valence-corrected chi connectivity index (χ0v) is 16.9. The number of guanidine groups is 1. The topological polar surface area (TPSA) is 48.7 Å². The fourth-order valence-corrected chi connectivity index (χ4v) is 3.75. The standard InChI is InChI=1S/C19H36N6/c1-15(2)18-16(14-25(6)22-18)13-24(5)19(20-3)21-11-12-23(4)17-9-7-8-10-17/h14-15,17H,7-13H2,1-6H3,(H,20,21). The molecule has 0 aromatic carbocycles. The lowest BCUT2D eigenvalue weighted by Crippen LogP contribution is -2.43. The van der Waals surface area contributed by atoms with Gasteiger partial charge in [-0.25, -0.2) is 0 Å². The van der Waals surface area contributed by atoms with Crippen molar-refractivity contribution in [2.45, 2.75) is 58.0 Å². The van der Waals surface area contributed by atoms with Crippen molar-refractivity contribution < 1.29 is 0 Å². The Bertz CT molecular complexity index is 556. The highest BCUT2D eigenvalue weighted by Gasteiger charge is 2.19. The first kappa shape index (κ1) is 19.8. The first-order chi connectivity index (χ1) is 11.9. The summed E-state index contributed by atoms with van der Waals surface area (Å²) < 4.78 is 1.91. The molecule has 1 fully saturated rings. The highest BCUT2D eigenvalue weighted by atomic mass is 15.3. The second-order valence-electron chi connectivity index (χ2n) is 7.62. The third kappa shape index (κ3) is 5.46. The van der Waals surface area contributed by atoms with Crippen LogP contribution >= 0.6 is 0 Å². The van der Waals surface area contributed by atoms with Crippen LogP contribution in [-0.2, 0) is 13.6 Å². The summed E-state index contributed by atoms with van der Waals surface area (Å²) in [4.78, 5) is 9.12. The smallest absolute Gasteiger partial charge is 0.193 e. The van der Waals surface area contributed by atoms with Crippen LogP contribution in [0.25, 0.3) is 0 Å². The van der Waals surface area contributed by atoms with E-state index in [1.54, 1.807) is 0 Å². The molecule has 2 rings (SSSR count). The Morgan fingerprint density at radius 2 is 2.04 bits per heavy atom. The second kappa shape index (κ2) is 9.22. The Morgan fingerprint density at radius 3 is 2.64 bits per heavy atom. The third-order valence-corrected chi connectivity index (χ3v) is 5.16. The fraction of sp³-hybridized carbons (Fsp3) is 0.789. The molecule has 25 heavy (non-hydrogen) atoms. The van der Waals surface area contributed by atoms with Gasteiger partial charge < -0.3 is 15.1 Å². The summed E-state index contributed by atoms with van der Waals surface area (Å²) in [5.41, 5.74) is 2.44. The van der Waals surface area contributed by atoms with Gasteiger partial charge in [0.25, 0.3) is 0 Å². The van der Waals surface area contributed by atoms with E-state index in [1.165, 1.54) is 36.9 Å². The van der Waals surface area contributed by atoms with Gasteiger partial charge in [0.15, 0.2) is 5.96 Å². The zero-order chi connectivity index (χ0) is 18.4. The van der Waals surface area contributed by atoms with Gasteiger partial charge >= 0.3 is 0 Å². The van der Waals surface area contributed by atoms with Crippen LogP contribution < -0.4 is 5.32 Å². The maximum Gasteiger partial charge on any atom is 0.193 e. The van der Waals surface area contributed by atoms with Crippen molar-refractivity contribution in [3.8, 4) is 0 Å². The van der Waals surface area contributed by atoms with E-state index in [2.05, 4.69) is 59.3 Å². The van der Waals surface area contributed by atoms with Crippen molar-refractivity contribution in [3.05, 3.63) is 17.5 Å². The molecule has 1 N–H and O–H groups in total. The number of aryl methyl sites for hydroxylation is 1. The number of hydrogen-bond donors (Lipinski definition) is 1. The van der Waals surface area contributed by atoms with Gasteiger partial charge in [-0.3, -0.25) is 9.67 Å². The van der Waals surface area contributed by atoms with E-state index in [-0.39, 0.29) is 0 Å². The van der Waals surface area contributed by atoms with Crippen LogP contribution in [0.1, 0.15) is 56.7 Å². The first-order valence-corrected chi connectivity index (χ1v) is 9.56. The van der Waals surface area contributed by atoms with E-state index in [9.17, 15) is 0 Å². The lowest BCUT2D eigenvalue weighted by molar-refractivity contribution is 0.248. The molecule has 1 aliphatic carbocycles. The average molecular weight is 349 g/mol. The summed E-state index contributed by atoms with van der Waals surface area (Å²) in [5, 5.41) is 8.11. The number of nitrogens with one attached hydrogen (secondary N) is 1. The molecular weight excluding hydrogens is 312 g/mol. The van der Waals surface area contributed by atoms with Gasteiger partial charge in [-0.15, -0.1) is 0 Å². The molecule has 0 saturated heterocycles. The Morgan fingerprint density at radius 1 is 1.36 bits per heavy atom. The molecule has 1 aromatic heterocycles. The monoisotopic (exact) mass is 348 g/mol. The number of likely N-dealkylation sites (N-methyl/N-ethyl adjacent to an activating group) is 1. The predicted octanol–water partition coefficient (Wildman–Crippen LogP) is 2.43. The zero-order valence-electron chi connectivity index (χ0n) is 16.9. The number of rotatable bonds is 7. The molecule has 1 heterocycles. The van der Waals surface area contributed by atoms with Crippen LogP contribution in [0.4, 0.5) is 0 Å². The predicted molar refractivity (Wildman–Crippen MR) is 105 cm³/mol. The third-order valence-electron chi connectivity index (χ3n) is 5.16. The largest absolute Gasteiger partial charge is 0.355 e. The molecule has 142 valence electrons. The Labute approximate surface area is 153 Å². The number of hydrogen-bond acceptors (Lipinski definition) is 3. The van der Waals surface area contributed by atoms with Crippen molar-refractivity contribution in [3.63, 3.8) is 0 Å². The first-order valence-electron chi connectivity index (χ1n) is 9.56. The quantitative estimate of drug-likeness (QED) is 0.607. The molecule has 0 amide bonds. The molecule has 0 bridgehead atoms. The number of aliphatic imine (C=N–C) groups is 1.